The van der Waals surface area contributed by atoms with E-state index in [2.05, 4.69) is 10.1 Å². The fraction of sp³-hybridized carbons (Fsp3) is 0.467. The van der Waals surface area contributed by atoms with E-state index in [4.69, 9.17) is 0 Å². The lowest BCUT2D eigenvalue weighted by molar-refractivity contribution is 0.0355. The minimum atomic E-state index is -0.970. The van der Waals surface area contributed by atoms with E-state index in [1.807, 2.05) is 18.5 Å². The average molecular weight is 275 g/mol. The van der Waals surface area contributed by atoms with Crippen LogP contribution in [-0.2, 0) is 18.4 Å². The van der Waals surface area contributed by atoms with Crippen molar-refractivity contribution < 1.29 is 9.50 Å². The first-order chi connectivity index (χ1) is 9.49. The number of hydrogen-bond donors (Lipinski definition) is 1. The van der Waals surface area contributed by atoms with Gasteiger partial charge in [0.1, 0.15) is 18.0 Å². The van der Waals surface area contributed by atoms with Gasteiger partial charge in [-0.1, -0.05) is 6.07 Å². The summed E-state index contributed by atoms with van der Waals surface area (Å²) in [6.45, 7) is 4.06. The molecule has 1 N–H and O–H groups in total. The summed E-state index contributed by atoms with van der Waals surface area (Å²) in [6.07, 6.45) is 3.21. The largest absolute Gasteiger partial charge is 0.385 e. The van der Waals surface area contributed by atoms with Crippen molar-refractivity contribution in [1.82, 2.24) is 14.8 Å². The molecular weight excluding hydrogens is 257 g/mol. The Labute approximate surface area is 117 Å². The van der Waals surface area contributed by atoms with Crippen LogP contribution in [0.25, 0.3) is 0 Å². The third kappa shape index (κ3) is 2.12. The van der Waals surface area contributed by atoms with Crippen molar-refractivity contribution in [2.24, 2.45) is 0 Å². The molecular formula is C15H18FN3O. The third-order valence-electron chi connectivity index (χ3n) is 3.96. The molecule has 1 aromatic heterocycles. The first-order valence-electron chi connectivity index (χ1n) is 6.89. The molecule has 0 saturated heterocycles. The molecule has 0 fully saturated rings. The number of aliphatic hydroxyl groups is 1. The zero-order chi connectivity index (χ0) is 14.3. The Kier molecular flexibility index (Phi) is 3.09. The van der Waals surface area contributed by atoms with Gasteiger partial charge in [-0.05, 0) is 49.9 Å². The van der Waals surface area contributed by atoms with Gasteiger partial charge in [0.05, 0.1) is 5.60 Å². The molecule has 0 aliphatic heterocycles. The molecule has 0 saturated carbocycles. The summed E-state index contributed by atoms with van der Waals surface area (Å²) >= 11 is 0. The highest BCUT2D eigenvalue weighted by atomic mass is 19.1. The summed E-state index contributed by atoms with van der Waals surface area (Å²) in [5.74, 6) is 0.512. The van der Waals surface area contributed by atoms with Crippen molar-refractivity contribution in [1.29, 1.82) is 0 Å². The molecule has 1 heterocycles. The fourth-order valence-electron chi connectivity index (χ4n) is 2.98. The van der Waals surface area contributed by atoms with Crippen molar-refractivity contribution in [2.45, 2.75) is 44.8 Å². The maximum atomic E-state index is 13.3. The standard InChI is InChI=1S/C15H18FN3O/c1-10(2)19-14(17-9-18-19)8-15(20)6-5-11-7-12(16)3-4-13(11)15/h3-4,7,9-10,20H,5-6,8H2,1-2H3. The van der Waals surface area contributed by atoms with Crippen molar-refractivity contribution in [3.63, 3.8) is 0 Å². The van der Waals surface area contributed by atoms with Crippen LogP contribution in [0.15, 0.2) is 24.5 Å². The molecule has 0 spiro atoms. The smallest absolute Gasteiger partial charge is 0.138 e. The number of aromatic nitrogens is 3. The second kappa shape index (κ2) is 4.66. The van der Waals surface area contributed by atoms with E-state index in [1.165, 1.54) is 18.5 Å². The van der Waals surface area contributed by atoms with Gasteiger partial charge in [0.15, 0.2) is 0 Å². The lowest BCUT2D eigenvalue weighted by Crippen LogP contribution is -2.27. The van der Waals surface area contributed by atoms with E-state index in [1.54, 1.807) is 6.07 Å². The van der Waals surface area contributed by atoms with Gasteiger partial charge in [-0.15, -0.1) is 0 Å². The minimum absolute atomic E-state index is 0.199. The molecule has 0 bridgehead atoms. The van der Waals surface area contributed by atoms with Crippen LogP contribution in [0, 0.1) is 5.82 Å². The second-order valence-electron chi connectivity index (χ2n) is 5.72. The zero-order valence-electron chi connectivity index (χ0n) is 11.7. The number of fused-ring (bicyclic) bond motifs is 1. The van der Waals surface area contributed by atoms with Gasteiger partial charge in [0.2, 0.25) is 0 Å². The van der Waals surface area contributed by atoms with E-state index in [-0.39, 0.29) is 11.9 Å². The zero-order valence-corrected chi connectivity index (χ0v) is 11.7. The number of nitrogens with zero attached hydrogens (tertiary/aromatic N) is 3. The van der Waals surface area contributed by atoms with Crippen molar-refractivity contribution >= 4 is 0 Å². The number of hydrogen-bond acceptors (Lipinski definition) is 3. The summed E-state index contributed by atoms with van der Waals surface area (Å²) in [5, 5.41) is 15.1. The number of benzene rings is 1. The number of rotatable bonds is 3. The molecule has 1 aromatic carbocycles. The maximum absolute atomic E-state index is 13.3. The Morgan fingerprint density at radius 3 is 3.00 bits per heavy atom. The monoisotopic (exact) mass is 275 g/mol. The fourth-order valence-corrected chi connectivity index (χ4v) is 2.98. The van der Waals surface area contributed by atoms with Crippen LogP contribution in [0.3, 0.4) is 0 Å². The van der Waals surface area contributed by atoms with E-state index < -0.39 is 5.60 Å². The summed E-state index contributed by atoms with van der Waals surface area (Å²) in [7, 11) is 0. The van der Waals surface area contributed by atoms with Crippen LogP contribution in [-0.4, -0.2) is 19.9 Å². The number of aryl methyl sites for hydroxylation is 1. The lowest BCUT2D eigenvalue weighted by Gasteiger charge is -2.24. The minimum Gasteiger partial charge on any atom is -0.385 e. The maximum Gasteiger partial charge on any atom is 0.138 e. The van der Waals surface area contributed by atoms with Crippen LogP contribution < -0.4 is 0 Å². The van der Waals surface area contributed by atoms with E-state index >= 15 is 0 Å². The summed E-state index contributed by atoms with van der Waals surface area (Å²) in [6, 6.07) is 4.81. The van der Waals surface area contributed by atoms with Crippen LogP contribution in [0.4, 0.5) is 4.39 Å². The molecule has 0 amide bonds. The van der Waals surface area contributed by atoms with Gasteiger partial charge < -0.3 is 5.11 Å². The summed E-state index contributed by atoms with van der Waals surface area (Å²) < 4.78 is 15.1. The topological polar surface area (TPSA) is 50.9 Å². The molecule has 1 unspecified atom stereocenters. The molecule has 2 aromatic rings. The molecule has 106 valence electrons. The SMILES string of the molecule is CC(C)n1ncnc1CC1(O)CCc2cc(F)ccc21. The van der Waals surface area contributed by atoms with Crippen molar-refractivity contribution in [2.75, 3.05) is 0 Å². The summed E-state index contributed by atoms with van der Waals surface area (Å²) in [5.41, 5.74) is 0.739. The lowest BCUT2D eigenvalue weighted by atomic mass is 9.92. The molecule has 1 aliphatic rings. The molecule has 1 aliphatic carbocycles. The van der Waals surface area contributed by atoms with E-state index in [9.17, 15) is 9.50 Å². The van der Waals surface area contributed by atoms with Crippen LogP contribution in [0.5, 0.6) is 0 Å². The van der Waals surface area contributed by atoms with Gasteiger partial charge in [-0.2, -0.15) is 5.10 Å². The molecule has 0 radical (unpaired) electrons. The summed E-state index contributed by atoms with van der Waals surface area (Å²) in [4.78, 5) is 4.25. The van der Waals surface area contributed by atoms with Gasteiger partial charge in [-0.25, -0.2) is 14.1 Å². The molecule has 4 nitrogen and oxygen atoms in total. The number of halogens is 1. The Morgan fingerprint density at radius 1 is 1.45 bits per heavy atom. The molecule has 20 heavy (non-hydrogen) atoms. The predicted molar refractivity (Wildman–Crippen MR) is 72.7 cm³/mol. The van der Waals surface area contributed by atoms with E-state index in [0.29, 0.717) is 19.3 Å². The van der Waals surface area contributed by atoms with Crippen molar-refractivity contribution in [3.8, 4) is 0 Å². The predicted octanol–water partition coefficient (Wildman–Crippen LogP) is 2.37. The normalized spacial score (nSPS) is 21.4. The highest BCUT2D eigenvalue weighted by Crippen LogP contribution is 2.39. The highest BCUT2D eigenvalue weighted by Gasteiger charge is 2.38. The van der Waals surface area contributed by atoms with Crippen LogP contribution >= 0.6 is 0 Å². The van der Waals surface area contributed by atoms with Gasteiger partial charge in [0, 0.05) is 12.5 Å². The molecule has 1 atom stereocenters. The van der Waals surface area contributed by atoms with Crippen LogP contribution in [0.2, 0.25) is 0 Å². The highest BCUT2D eigenvalue weighted by molar-refractivity contribution is 5.38. The van der Waals surface area contributed by atoms with E-state index in [0.717, 1.165) is 17.0 Å². The third-order valence-corrected chi connectivity index (χ3v) is 3.96. The van der Waals surface area contributed by atoms with Gasteiger partial charge in [0.25, 0.3) is 0 Å². The Hall–Kier alpha value is -1.75. The molecule has 5 heteroatoms. The average Bonchev–Trinajstić information content (AvgIpc) is 2.95. The Morgan fingerprint density at radius 2 is 2.25 bits per heavy atom. The van der Waals surface area contributed by atoms with Crippen molar-refractivity contribution in [3.05, 3.63) is 47.3 Å². The first kappa shape index (κ1) is 13.2. The van der Waals surface area contributed by atoms with Gasteiger partial charge in [-0.3, -0.25) is 0 Å². The quantitative estimate of drug-likeness (QED) is 0.935. The van der Waals surface area contributed by atoms with Crippen LogP contribution in [0.1, 0.15) is 43.3 Å². The second-order valence-corrected chi connectivity index (χ2v) is 5.72. The Bertz CT molecular complexity index is 638. The Balaban J connectivity index is 1.94. The molecule has 3 rings (SSSR count). The first-order valence-corrected chi connectivity index (χ1v) is 6.89. The van der Waals surface area contributed by atoms with Gasteiger partial charge >= 0.3 is 0 Å².